The van der Waals surface area contributed by atoms with E-state index in [9.17, 15) is 22.8 Å². The number of urea groups is 1. The number of sulfonamides is 1. The van der Waals surface area contributed by atoms with E-state index in [1.807, 2.05) is 0 Å². The van der Waals surface area contributed by atoms with Crippen LogP contribution in [0.2, 0.25) is 5.02 Å². The Balaban J connectivity index is 2.93. The molecule has 1 aromatic rings. The maximum absolute atomic E-state index is 12.5. The highest BCUT2D eigenvalue weighted by Gasteiger charge is 2.32. The fourth-order valence-electron chi connectivity index (χ4n) is 1.85. The Kier molecular flexibility index (Phi) is 7.54. The van der Waals surface area contributed by atoms with Gasteiger partial charge in [0.2, 0.25) is 10.0 Å². The lowest BCUT2D eigenvalue weighted by molar-refractivity contribution is -0.157. The zero-order chi connectivity index (χ0) is 20.1. The first-order valence-corrected chi connectivity index (χ1v) is 9.39. The van der Waals surface area contributed by atoms with Crippen LogP contribution in [0.25, 0.3) is 0 Å². The number of halogens is 1. The van der Waals surface area contributed by atoms with Crippen molar-refractivity contribution in [2.24, 2.45) is 11.7 Å². The summed E-state index contributed by atoms with van der Waals surface area (Å²) < 4.78 is 32.1. The molecule has 0 aliphatic carbocycles. The van der Waals surface area contributed by atoms with Crippen molar-refractivity contribution in [2.75, 3.05) is 0 Å². The second-order valence-corrected chi connectivity index (χ2v) is 7.88. The second-order valence-electron chi connectivity index (χ2n) is 5.73. The van der Waals surface area contributed by atoms with E-state index in [0.29, 0.717) is 0 Å². The highest BCUT2D eigenvalue weighted by atomic mass is 35.5. The van der Waals surface area contributed by atoms with Crippen LogP contribution in [-0.4, -0.2) is 38.5 Å². The summed E-state index contributed by atoms with van der Waals surface area (Å²) in [6, 6.07) is 3.15. The van der Waals surface area contributed by atoms with Crippen molar-refractivity contribution in [1.29, 1.82) is 0 Å². The fourth-order valence-corrected chi connectivity index (χ4v) is 3.48. The molecule has 0 heterocycles. The SMILES string of the molecule is CC(OC(=O)[C@H](NS(=O)(=O)c1cccc(Cl)c1)C(C)C)C(=O)NC(N)=O. The lowest BCUT2D eigenvalue weighted by Crippen LogP contribution is -2.48. The average Bonchev–Trinajstić information content (AvgIpc) is 2.51. The van der Waals surface area contributed by atoms with Gasteiger partial charge in [0.1, 0.15) is 6.04 Å². The molecule has 0 fully saturated rings. The first-order chi connectivity index (χ1) is 11.9. The Hall–Kier alpha value is -2.17. The van der Waals surface area contributed by atoms with E-state index in [4.69, 9.17) is 22.1 Å². The number of esters is 1. The lowest BCUT2D eigenvalue weighted by Gasteiger charge is -2.22. The van der Waals surface area contributed by atoms with Gasteiger partial charge in [0, 0.05) is 5.02 Å². The number of rotatable bonds is 7. The number of primary amides is 1. The third kappa shape index (κ3) is 6.28. The number of carbonyl (C=O) groups excluding carboxylic acids is 3. The van der Waals surface area contributed by atoms with Crippen LogP contribution < -0.4 is 15.8 Å². The molecule has 0 saturated heterocycles. The van der Waals surface area contributed by atoms with Gasteiger partial charge in [-0.15, -0.1) is 0 Å². The quantitative estimate of drug-likeness (QED) is 0.571. The van der Waals surface area contributed by atoms with Gasteiger partial charge in [-0.2, -0.15) is 4.72 Å². The summed E-state index contributed by atoms with van der Waals surface area (Å²) in [6.07, 6.45) is -1.34. The Morgan fingerprint density at radius 2 is 1.81 bits per heavy atom. The minimum absolute atomic E-state index is 0.122. The molecule has 4 N–H and O–H groups in total. The first kappa shape index (κ1) is 21.9. The number of hydrogen-bond acceptors (Lipinski definition) is 6. The molecule has 1 unspecified atom stereocenters. The average molecular weight is 406 g/mol. The van der Waals surface area contributed by atoms with Crippen molar-refractivity contribution in [1.82, 2.24) is 10.0 Å². The van der Waals surface area contributed by atoms with Crippen molar-refractivity contribution >= 4 is 39.5 Å². The van der Waals surface area contributed by atoms with E-state index in [0.717, 1.165) is 0 Å². The van der Waals surface area contributed by atoms with E-state index in [1.165, 1.54) is 31.2 Å². The van der Waals surface area contributed by atoms with Crippen molar-refractivity contribution < 1.29 is 27.5 Å². The number of nitrogens with two attached hydrogens (primary N) is 1. The van der Waals surface area contributed by atoms with Crippen LogP contribution in [0.5, 0.6) is 0 Å². The topological polar surface area (TPSA) is 145 Å². The molecule has 9 nitrogen and oxygen atoms in total. The van der Waals surface area contributed by atoms with Crippen molar-refractivity contribution in [2.45, 2.75) is 37.8 Å². The number of benzene rings is 1. The molecule has 26 heavy (non-hydrogen) atoms. The van der Waals surface area contributed by atoms with Gasteiger partial charge in [-0.05, 0) is 31.0 Å². The van der Waals surface area contributed by atoms with Crippen LogP contribution in [0.15, 0.2) is 29.2 Å². The number of hydrogen-bond donors (Lipinski definition) is 3. The van der Waals surface area contributed by atoms with Crippen LogP contribution >= 0.6 is 11.6 Å². The number of imide groups is 1. The van der Waals surface area contributed by atoms with Gasteiger partial charge in [-0.3, -0.25) is 14.9 Å². The van der Waals surface area contributed by atoms with Gasteiger partial charge in [0.25, 0.3) is 5.91 Å². The molecule has 3 amide bonds. The van der Waals surface area contributed by atoms with Crippen molar-refractivity contribution in [3.8, 4) is 0 Å². The molecule has 0 bridgehead atoms. The van der Waals surface area contributed by atoms with Gasteiger partial charge < -0.3 is 10.5 Å². The predicted octanol–water partition coefficient (Wildman–Crippen LogP) is 0.770. The van der Waals surface area contributed by atoms with Crippen molar-refractivity contribution in [3.63, 3.8) is 0 Å². The highest BCUT2D eigenvalue weighted by molar-refractivity contribution is 7.89. The molecule has 0 aromatic heterocycles. The van der Waals surface area contributed by atoms with E-state index in [-0.39, 0.29) is 9.92 Å². The van der Waals surface area contributed by atoms with Crippen LogP contribution in [0.4, 0.5) is 4.79 Å². The monoisotopic (exact) mass is 405 g/mol. The van der Waals surface area contributed by atoms with Gasteiger partial charge in [0.05, 0.1) is 4.90 Å². The van der Waals surface area contributed by atoms with E-state index < -0.39 is 46.0 Å². The van der Waals surface area contributed by atoms with Crippen LogP contribution in [0.1, 0.15) is 20.8 Å². The molecule has 144 valence electrons. The van der Waals surface area contributed by atoms with Crippen molar-refractivity contribution in [3.05, 3.63) is 29.3 Å². The maximum atomic E-state index is 12.5. The minimum Gasteiger partial charge on any atom is -0.451 e. The molecule has 0 saturated carbocycles. The van der Waals surface area contributed by atoms with Crippen LogP contribution in [0, 0.1) is 5.92 Å². The molecule has 0 aliphatic rings. The minimum atomic E-state index is -4.06. The summed E-state index contributed by atoms with van der Waals surface area (Å²) >= 11 is 5.79. The van der Waals surface area contributed by atoms with Gasteiger partial charge in [0.15, 0.2) is 6.10 Å². The van der Waals surface area contributed by atoms with Crippen LogP contribution in [0.3, 0.4) is 0 Å². The normalized spacial score (nSPS) is 13.7. The van der Waals surface area contributed by atoms with E-state index in [2.05, 4.69) is 4.72 Å². The Morgan fingerprint density at radius 3 is 2.31 bits per heavy atom. The number of carbonyl (C=O) groups is 3. The van der Waals surface area contributed by atoms with E-state index in [1.54, 1.807) is 19.2 Å². The molecule has 1 rings (SSSR count). The van der Waals surface area contributed by atoms with Gasteiger partial charge in [-0.1, -0.05) is 31.5 Å². The third-order valence-corrected chi connectivity index (χ3v) is 4.89. The molecule has 2 atom stereocenters. The zero-order valence-electron chi connectivity index (χ0n) is 14.4. The molecule has 0 aliphatic heterocycles. The summed E-state index contributed by atoms with van der Waals surface area (Å²) in [5.74, 6) is -2.38. The number of nitrogens with one attached hydrogen (secondary N) is 2. The third-order valence-electron chi connectivity index (χ3n) is 3.22. The van der Waals surface area contributed by atoms with Crippen LogP contribution in [-0.2, 0) is 24.3 Å². The van der Waals surface area contributed by atoms with Gasteiger partial charge >= 0.3 is 12.0 Å². The number of ether oxygens (including phenoxy) is 1. The maximum Gasteiger partial charge on any atom is 0.325 e. The predicted molar refractivity (Wildman–Crippen MR) is 93.7 cm³/mol. The molecule has 1 aromatic carbocycles. The smallest absolute Gasteiger partial charge is 0.325 e. The Morgan fingerprint density at radius 1 is 1.19 bits per heavy atom. The molecule has 0 radical (unpaired) electrons. The first-order valence-electron chi connectivity index (χ1n) is 7.52. The Labute approximate surface area is 156 Å². The highest BCUT2D eigenvalue weighted by Crippen LogP contribution is 2.17. The summed E-state index contributed by atoms with van der Waals surface area (Å²) in [6.45, 7) is 4.42. The molecular weight excluding hydrogens is 386 g/mol. The van der Waals surface area contributed by atoms with Gasteiger partial charge in [-0.25, -0.2) is 13.2 Å². The Bertz CT molecular complexity index is 796. The molecular formula is C15H20ClN3O6S. The summed E-state index contributed by atoms with van der Waals surface area (Å²) in [5, 5.41) is 1.98. The molecule has 0 spiro atoms. The second kappa shape index (κ2) is 8.97. The standard InChI is InChI=1S/C15H20ClN3O6S/c1-8(2)12(14(21)25-9(3)13(20)18-15(17)22)19-26(23,24)11-6-4-5-10(16)7-11/h4-9,12,19H,1-3H3,(H3,17,18,20,22)/t9?,12-/m1/s1. The summed E-state index contributed by atoms with van der Waals surface area (Å²) in [4.78, 5) is 34.4. The number of amides is 3. The summed E-state index contributed by atoms with van der Waals surface area (Å²) in [5.41, 5.74) is 4.82. The largest absolute Gasteiger partial charge is 0.451 e. The fraction of sp³-hybridized carbons (Fsp3) is 0.400. The van der Waals surface area contributed by atoms with E-state index >= 15 is 0 Å². The zero-order valence-corrected chi connectivity index (χ0v) is 15.9. The lowest BCUT2D eigenvalue weighted by atomic mass is 10.1. The summed E-state index contributed by atoms with van der Waals surface area (Å²) in [7, 11) is -4.06. The molecule has 11 heteroatoms.